The average molecular weight is 344 g/mol. The van der Waals surface area contributed by atoms with Gasteiger partial charge in [-0.3, -0.25) is 9.88 Å². The minimum Gasteiger partial charge on any atom is -0.355 e. The molecule has 2 aliphatic rings. The molecule has 132 valence electrons. The molecule has 4 heteroatoms. The molecule has 0 saturated carbocycles. The topological polar surface area (TPSA) is 32.3 Å². The summed E-state index contributed by atoms with van der Waals surface area (Å²) in [6.45, 7) is 5.67. The Hall–Kier alpha value is -2.46. The molecule has 1 atom stereocenters. The lowest BCUT2D eigenvalue weighted by Gasteiger charge is -2.25. The number of pyridine rings is 2. The predicted octanol–water partition coefficient (Wildman–Crippen LogP) is 3.73. The fourth-order valence-corrected chi connectivity index (χ4v) is 4.69. The Labute approximate surface area is 154 Å². The highest BCUT2D eigenvalue weighted by molar-refractivity contribution is 5.89. The fraction of sp³-hybridized carbons (Fsp3) is 0.364. The molecule has 1 aromatic carbocycles. The Bertz CT molecular complexity index is 905. The smallest absolute Gasteiger partial charge is 0.138 e. The van der Waals surface area contributed by atoms with Crippen molar-refractivity contribution in [3.8, 4) is 0 Å². The van der Waals surface area contributed by atoms with Crippen molar-refractivity contribution in [1.29, 1.82) is 0 Å². The van der Waals surface area contributed by atoms with Crippen LogP contribution < -0.4 is 4.90 Å². The number of rotatable bonds is 3. The summed E-state index contributed by atoms with van der Waals surface area (Å²) in [7, 11) is 0. The quantitative estimate of drug-likeness (QED) is 0.725. The van der Waals surface area contributed by atoms with E-state index in [9.17, 15) is 0 Å². The van der Waals surface area contributed by atoms with E-state index < -0.39 is 0 Å². The van der Waals surface area contributed by atoms with E-state index in [-0.39, 0.29) is 0 Å². The van der Waals surface area contributed by atoms with Gasteiger partial charge in [-0.1, -0.05) is 30.3 Å². The van der Waals surface area contributed by atoms with Crippen molar-refractivity contribution in [1.82, 2.24) is 14.9 Å². The van der Waals surface area contributed by atoms with Crippen LogP contribution in [-0.4, -0.2) is 41.0 Å². The molecule has 0 bridgehead atoms. The van der Waals surface area contributed by atoms with Crippen LogP contribution in [0.4, 0.5) is 5.82 Å². The summed E-state index contributed by atoms with van der Waals surface area (Å²) in [6.07, 6.45) is 6.30. The molecule has 0 aliphatic carbocycles. The number of nitrogens with zero attached hydrogens (tertiary/aromatic N) is 4. The molecule has 1 spiro atoms. The van der Waals surface area contributed by atoms with Gasteiger partial charge >= 0.3 is 0 Å². The first-order valence-electron chi connectivity index (χ1n) is 9.52. The molecule has 3 aromatic rings. The van der Waals surface area contributed by atoms with Crippen LogP contribution in [0.2, 0.25) is 0 Å². The molecule has 5 rings (SSSR count). The van der Waals surface area contributed by atoms with Gasteiger partial charge in [-0.05, 0) is 43.1 Å². The number of aromatic nitrogens is 2. The minimum absolute atomic E-state index is 0.417. The maximum Gasteiger partial charge on any atom is 0.138 e. The molecule has 2 aliphatic heterocycles. The van der Waals surface area contributed by atoms with E-state index in [4.69, 9.17) is 4.98 Å². The number of hydrogen-bond donors (Lipinski definition) is 0. The van der Waals surface area contributed by atoms with Gasteiger partial charge < -0.3 is 4.90 Å². The summed E-state index contributed by atoms with van der Waals surface area (Å²) in [5.74, 6) is 1.11. The molecule has 1 unspecified atom stereocenters. The van der Waals surface area contributed by atoms with Crippen LogP contribution in [-0.2, 0) is 6.54 Å². The normalized spacial score (nSPS) is 23.3. The summed E-state index contributed by atoms with van der Waals surface area (Å²) < 4.78 is 0. The van der Waals surface area contributed by atoms with Crippen molar-refractivity contribution in [3.05, 3.63) is 66.5 Å². The summed E-state index contributed by atoms with van der Waals surface area (Å²) in [4.78, 5) is 14.3. The zero-order valence-corrected chi connectivity index (χ0v) is 15.0. The van der Waals surface area contributed by atoms with Gasteiger partial charge in [0.2, 0.25) is 0 Å². The molecule has 2 fully saturated rings. The molecule has 0 N–H and O–H groups in total. The maximum absolute atomic E-state index is 4.70. The van der Waals surface area contributed by atoms with Crippen molar-refractivity contribution < 1.29 is 0 Å². The van der Waals surface area contributed by atoms with Crippen LogP contribution in [0.25, 0.3) is 10.9 Å². The van der Waals surface area contributed by atoms with E-state index >= 15 is 0 Å². The lowest BCUT2D eigenvalue weighted by Crippen LogP contribution is -2.31. The third-order valence-corrected chi connectivity index (χ3v) is 6.01. The Morgan fingerprint density at radius 3 is 2.65 bits per heavy atom. The van der Waals surface area contributed by atoms with Crippen molar-refractivity contribution in [2.24, 2.45) is 5.41 Å². The first-order chi connectivity index (χ1) is 12.8. The van der Waals surface area contributed by atoms with Crippen LogP contribution in [0.3, 0.4) is 0 Å². The Morgan fingerprint density at radius 1 is 0.846 bits per heavy atom. The van der Waals surface area contributed by atoms with Gasteiger partial charge in [0.1, 0.15) is 5.82 Å². The van der Waals surface area contributed by atoms with Gasteiger partial charge in [-0.15, -0.1) is 0 Å². The van der Waals surface area contributed by atoms with Crippen LogP contribution in [0.15, 0.2) is 60.9 Å². The summed E-state index contributed by atoms with van der Waals surface area (Å²) in [6, 6.07) is 17.0. The van der Waals surface area contributed by atoms with Crippen molar-refractivity contribution >= 4 is 16.7 Å². The van der Waals surface area contributed by atoms with Gasteiger partial charge in [0.05, 0.1) is 5.52 Å². The summed E-state index contributed by atoms with van der Waals surface area (Å²) in [5, 5.41) is 1.17. The maximum atomic E-state index is 4.70. The second-order valence-corrected chi connectivity index (χ2v) is 7.82. The fourth-order valence-electron chi connectivity index (χ4n) is 4.69. The van der Waals surface area contributed by atoms with Gasteiger partial charge in [-0.2, -0.15) is 0 Å². The zero-order valence-electron chi connectivity index (χ0n) is 15.0. The SMILES string of the molecule is c1ccc(CN2CCC3(CCN(c4nccc5ncccc45)C3)C2)cc1. The van der Waals surface area contributed by atoms with E-state index in [0.29, 0.717) is 5.41 Å². The number of benzene rings is 1. The lowest BCUT2D eigenvalue weighted by molar-refractivity contribution is 0.270. The van der Waals surface area contributed by atoms with E-state index in [2.05, 4.69) is 51.2 Å². The minimum atomic E-state index is 0.417. The standard InChI is InChI=1S/C22H24N4/c1-2-5-18(6-3-1)15-25-13-9-22(16-25)10-14-26(17-22)21-19-7-4-11-23-20(19)8-12-24-21/h1-8,11-12H,9-10,13-17H2. The molecule has 2 saturated heterocycles. The summed E-state index contributed by atoms with van der Waals surface area (Å²) in [5.41, 5.74) is 2.87. The highest BCUT2D eigenvalue weighted by Gasteiger charge is 2.43. The number of fused-ring (bicyclic) bond motifs is 1. The number of hydrogen-bond acceptors (Lipinski definition) is 4. The van der Waals surface area contributed by atoms with Crippen molar-refractivity contribution in [2.75, 3.05) is 31.1 Å². The number of anilines is 1. The van der Waals surface area contributed by atoms with Crippen LogP contribution >= 0.6 is 0 Å². The molecule has 0 radical (unpaired) electrons. The Kier molecular flexibility index (Phi) is 3.86. The molecule has 0 amide bonds. The molecule has 4 heterocycles. The molecular formula is C22H24N4. The first kappa shape index (κ1) is 15.8. The lowest BCUT2D eigenvalue weighted by atomic mass is 9.86. The monoisotopic (exact) mass is 344 g/mol. The van der Waals surface area contributed by atoms with Crippen molar-refractivity contribution in [2.45, 2.75) is 19.4 Å². The van der Waals surface area contributed by atoms with Gasteiger partial charge in [0.25, 0.3) is 0 Å². The Morgan fingerprint density at radius 2 is 1.73 bits per heavy atom. The van der Waals surface area contributed by atoms with Crippen LogP contribution in [0, 0.1) is 5.41 Å². The number of likely N-dealkylation sites (tertiary alicyclic amines) is 1. The first-order valence-corrected chi connectivity index (χ1v) is 9.52. The molecule has 2 aromatic heterocycles. The Balaban J connectivity index is 1.33. The van der Waals surface area contributed by atoms with E-state index in [1.165, 1.54) is 36.9 Å². The predicted molar refractivity (Wildman–Crippen MR) is 105 cm³/mol. The molecule has 26 heavy (non-hydrogen) atoms. The van der Waals surface area contributed by atoms with E-state index in [1.54, 1.807) is 0 Å². The largest absolute Gasteiger partial charge is 0.355 e. The second-order valence-electron chi connectivity index (χ2n) is 7.82. The summed E-state index contributed by atoms with van der Waals surface area (Å²) >= 11 is 0. The zero-order chi connectivity index (χ0) is 17.4. The second kappa shape index (κ2) is 6.36. The van der Waals surface area contributed by atoms with E-state index in [1.807, 2.05) is 24.5 Å². The van der Waals surface area contributed by atoms with Gasteiger partial charge in [0, 0.05) is 49.4 Å². The van der Waals surface area contributed by atoms with Crippen LogP contribution in [0.5, 0.6) is 0 Å². The van der Waals surface area contributed by atoms with Gasteiger partial charge in [-0.25, -0.2) is 4.98 Å². The highest BCUT2D eigenvalue weighted by atomic mass is 15.2. The highest BCUT2D eigenvalue weighted by Crippen LogP contribution is 2.42. The van der Waals surface area contributed by atoms with E-state index in [0.717, 1.165) is 31.0 Å². The van der Waals surface area contributed by atoms with Crippen LogP contribution in [0.1, 0.15) is 18.4 Å². The van der Waals surface area contributed by atoms with Gasteiger partial charge in [0.15, 0.2) is 0 Å². The third-order valence-electron chi connectivity index (χ3n) is 6.01. The molecular weight excluding hydrogens is 320 g/mol. The van der Waals surface area contributed by atoms with Crippen molar-refractivity contribution in [3.63, 3.8) is 0 Å². The average Bonchev–Trinajstić information content (AvgIpc) is 3.29. The molecule has 4 nitrogen and oxygen atoms in total. The third kappa shape index (κ3) is 2.84.